The van der Waals surface area contributed by atoms with Crippen LogP contribution >= 0.6 is 34.7 Å². The largest absolute Gasteiger partial charge is 0.481 e. The average molecular weight is 314 g/mol. The second-order valence-electron chi connectivity index (χ2n) is 3.97. The molecule has 6 heteroatoms. The van der Waals surface area contributed by atoms with Crippen LogP contribution < -0.4 is 0 Å². The lowest BCUT2D eigenvalue weighted by Crippen LogP contribution is -1.99. The van der Waals surface area contributed by atoms with Gasteiger partial charge in [-0.05, 0) is 24.6 Å². The van der Waals surface area contributed by atoms with Gasteiger partial charge in [-0.1, -0.05) is 35.5 Å². The molecule has 100 valence electrons. The molecule has 0 saturated carbocycles. The number of benzene rings is 1. The topological polar surface area (TPSA) is 50.2 Å². The summed E-state index contributed by atoms with van der Waals surface area (Å²) in [6.07, 6.45) is 0.0466. The van der Waals surface area contributed by atoms with Crippen molar-refractivity contribution in [3.05, 3.63) is 45.4 Å². The van der Waals surface area contributed by atoms with E-state index in [-0.39, 0.29) is 6.42 Å². The molecule has 1 aromatic heterocycles. The Morgan fingerprint density at radius 1 is 1.42 bits per heavy atom. The Morgan fingerprint density at radius 2 is 2.11 bits per heavy atom. The van der Waals surface area contributed by atoms with Gasteiger partial charge in [-0.3, -0.25) is 4.79 Å². The molecule has 1 heterocycles. The number of carboxylic acids is 1. The summed E-state index contributed by atoms with van der Waals surface area (Å²) in [6.45, 7) is 1.85. The summed E-state index contributed by atoms with van der Waals surface area (Å²) in [5, 5.41) is 9.52. The van der Waals surface area contributed by atoms with E-state index in [1.54, 1.807) is 11.8 Å². The van der Waals surface area contributed by atoms with Crippen LogP contribution in [0.25, 0.3) is 0 Å². The third-order valence-electron chi connectivity index (χ3n) is 2.46. The summed E-state index contributed by atoms with van der Waals surface area (Å²) in [4.78, 5) is 15.9. The van der Waals surface area contributed by atoms with Gasteiger partial charge in [-0.25, -0.2) is 4.98 Å². The van der Waals surface area contributed by atoms with Crippen LogP contribution in [-0.4, -0.2) is 16.1 Å². The van der Waals surface area contributed by atoms with Gasteiger partial charge in [0.2, 0.25) is 0 Å². The molecule has 0 unspecified atom stereocenters. The summed E-state index contributed by atoms with van der Waals surface area (Å²) >= 11 is 8.90. The van der Waals surface area contributed by atoms with Gasteiger partial charge in [0, 0.05) is 15.7 Å². The molecule has 0 aliphatic rings. The van der Waals surface area contributed by atoms with Crippen LogP contribution in [0.15, 0.2) is 28.6 Å². The van der Waals surface area contributed by atoms with Crippen molar-refractivity contribution in [1.29, 1.82) is 0 Å². The van der Waals surface area contributed by atoms with E-state index in [2.05, 4.69) is 4.98 Å². The number of hydrogen-bond acceptors (Lipinski definition) is 4. The van der Waals surface area contributed by atoms with Gasteiger partial charge in [0.05, 0.1) is 12.1 Å². The molecule has 0 aliphatic carbocycles. The number of thioether (sulfide) groups is 1. The predicted octanol–water partition coefficient (Wildman–Crippen LogP) is 4.02. The van der Waals surface area contributed by atoms with Crippen LogP contribution in [0, 0.1) is 6.92 Å². The van der Waals surface area contributed by atoms with Gasteiger partial charge in [0.25, 0.3) is 0 Å². The minimum absolute atomic E-state index is 0.0466. The Balaban J connectivity index is 1.99. The molecule has 19 heavy (non-hydrogen) atoms. The Hall–Kier alpha value is -1.04. The van der Waals surface area contributed by atoms with Crippen LogP contribution in [0.2, 0.25) is 5.02 Å². The minimum atomic E-state index is -0.819. The van der Waals surface area contributed by atoms with Crippen molar-refractivity contribution in [3.63, 3.8) is 0 Å². The molecule has 2 rings (SSSR count). The molecule has 0 bridgehead atoms. The number of carboxylic acid groups (broad SMARTS) is 1. The molecular formula is C13H12ClNO2S2. The van der Waals surface area contributed by atoms with Crippen molar-refractivity contribution < 1.29 is 9.90 Å². The number of rotatable bonds is 5. The van der Waals surface area contributed by atoms with Gasteiger partial charge in [0.1, 0.15) is 0 Å². The Kier molecular flexibility index (Phi) is 4.85. The summed E-state index contributed by atoms with van der Waals surface area (Å²) in [6, 6.07) is 7.68. The van der Waals surface area contributed by atoms with Gasteiger partial charge < -0.3 is 5.11 Å². The summed E-state index contributed by atoms with van der Waals surface area (Å²) in [7, 11) is 0. The molecule has 1 aromatic carbocycles. The molecule has 0 fully saturated rings. The van der Waals surface area contributed by atoms with Crippen molar-refractivity contribution in [2.45, 2.75) is 23.4 Å². The highest BCUT2D eigenvalue weighted by molar-refractivity contribution is 8.00. The molecule has 0 radical (unpaired) electrons. The molecule has 3 nitrogen and oxygen atoms in total. The first-order chi connectivity index (χ1) is 9.04. The minimum Gasteiger partial charge on any atom is -0.481 e. The van der Waals surface area contributed by atoms with Crippen LogP contribution in [0.4, 0.5) is 0 Å². The monoisotopic (exact) mass is 313 g/mol. The van der Waals surface area contributed by atoms with E-state index in [1.165, 1.54) is 16.9 Å². The number of nitrogens with zero attached hydrogens (tertiary/aromatic N) is 1. The fourth-order valence-corrected chi connectivity index (χ4v) is 3.80. The van der Waals surface area contributed by atoms with Crippen molar-refractivity contribution in [2.24, 2.45) is 0 Å². The number of aromatic nitrogens is 1. The van der Waals surface area contributed by atoms with Crippen molar-refractivity contribution in [1.82, 2.24) is 4.98 Å². The summed E-state index contributed by atoms with van der Waals surface area (Å²) < 4.78 is 0.906. The van der Waals surface area contributed by atoms with Crippen LogP contribution in [0.1, 0.15) is 16.1 Å². The molecular weight excluding hydrogens is 302 g/mol. The van der Waals surface area contributed by atoms with Gasteiger partial charge >= 0.3 is 5.97 Å². The normalized spacial score (nSPS) is 10.6. The van der Waals surface area contributed by atoms with E-state index in [4.69, 9.17) is 16.7 Å². The lowest BCUT2D eigenvalue weighted by atomic mass is 10.2. The maximum Gasteiger partial charge on any atom is 0.308 e. The third kappa shape index (κ3) is 4.23. The van der Waals surface area contributed by atoms with Crippen molar-refractivity contribution >= 4 is 40.7 Å². The van der Waals surface area contributed by atoms with Crippen LogP contribution in [-0.2, 0) is 17.0 Å². The standard InChI is InChI=1S/C13H12ClNO2S2/c1-8-11(6-12(16)17)19-13(15-8)18-7-9-2-4-10(14)5-3-9/h2-5H,6-7H2,1H3,(H,16,17). The first-order valence-corrected chi connectivity index (χ1v) is 7.78. The number of aryl methyl sites for hydroxylation is 1. The maximum absolute atomic E-state index is 10.7. The molecule has 1 N–H and O–H groups in total. The first kappa shape index (κ1) is 14.4. The number of hydrogen-bond donors (Lipinski definition) is 1. The van der Waals surface area contributed by atoms with Crippen LogP contribution in [0.5, 0.6) is 0 Å². The molecule has 0 atom stereocenters. The van der Waals surface area contributed by atoms with Crippen molar-refractivity contribution in [3.8, 4) is 0 Å². The Labute approximate surface area is 124 Å². The fourth-order valence-electron chi connectivity index (χ4n) is 1.49. The highest BCUT2D eigenvalue weighted by atomic mass is 35.5. The van der Waals surface area contributed by atoms with E-state index < -0.39 is 5.97 Å². The first-order valence-electron chi connectivity index (χ1n) is 5.60. The lowest BCUT2D eigenvalue weighted by molar-refractivity contribution is -0.136. The molecule has 0 spiro atoms. The molecule has 0 amide bonds. The average Bonchev–Trinajstić information content (AvgIpc) is 2.69. The Morgan fingerprint density at radius 3 is 2.74 bits per heavy atom. The quantitative estimate of drug-likeness (QED) is 0.847. The smallest absolute Gasteiger partial charge is 0.308 e. The SMILES string of the molecule is Cc1nc(SCc2ccc(Cl)cc2)sc1CC(=O)O. The lowest BCUT2D eigenvalue weighted by Gasteiger charge is -1.98. The van der Waals surface area contributed by atoms with E-state index in [1.807, 2.05) is 31.2 Å². The van der Waals surface area contributed by atoms with Gasteiger partial charge in [-0.2, -0.15) is 0 Å². The number of halogens is 1. The van der Waals surface area contributed by atoms with Gasteiger partial charge in [0.15, 0.2) is 4.34 Å². The number of thiazole rings is 1. The number of aliphatic carboxylic acids is 1. The molecule has 2 aromatic rings. The number of carbonyl (C=O) groups is 1. The maximum atomic E-state index is 10.7. The Bertz CT molecular complexity index is 581. The van der Waals surface area contributed by atoms with E-state index in [0.29, 0.717) is 0 Å². The summed E-state index contributed by atoms with van der Waals surface area (Å²) in [5.41, 5.74) is 1.98. The molecule has 0 aliphatic heterocycles. The zero-order valence-electron chi connectivity index (χ0n) is 10.2. The van der Waals surface area contributed by atoms with Crippen LogP contribution in [0.3, 0.4) is 0 Å². The highest BCUT2D eigenvalue weighted by Crippen LogP contribution is 2.30. The summed E-state index contributed by atoms with van der Waals surface area (Å²) in [5.74, 6) is -0.0163. The predicted molar refractivity (Wildman–Crippen MR) is 79.2 cm³/mol. The van der Waals surface area contributed by atoms with Crippen molar-refractivity contribution in [2.75, 3.05) is 0 Å². The second kappa shape index (κ2) is 6.41. The zero-order valence-corrected chi connectivity index (χ0v) is 12.6. The highest BCUT2D eigenvalue weighted by Gasteiger charge is 2.11. The molecule has 0 saturated heterocycles. The van der Waals surface area contributed by atoms with Gasteiger partial charge in [-0.15, -0.1) is 11.3 Å². The van der Waals surface area contributed by atoms with E-state index in [0.717, 1.165) is 25.7 Å². The second-order valence-corrected chi connectivity index (χ2v) is 6.72. The van der Waals surface area contributed by atoms with E-state index in [9.17, 15) is 4.79 Å². The fraction of sp³-hybridized carbons (Fsp3) is 0.231. The third-order valence-corrected chi connectivity index (χ3v) is 5.08. The zero-order chi connectivity index (χ0) is 13.8. The van der Waals surface area contributed by atoms with E-state index >= 15 is 0 Å².